The minimum atomic E-state index is -0.330. The van der Waals surface area contributed by atoms with Crippen LogP contribution in [0.2, 0.25) is 0 Å². The maximum absolute atomic E-state index is 11.4. The van der Waals surface area contributed by atoms with Gasteiger partial charge < -0.3 is 0 Å². The molecule has 0 rings (SSSR count). The molecule has 0 saturated heterocycles. The van der Waals surface area contributed by atoms with Gasteiger partial charge in [0, 0.05) is 6.42 Å². The monoisotopic (exact) mass is 224 g/mol. The Morgan fingerprint density at radius 2 is 1.62 bits per heavy atom. The van der Waals surface area contributed by atoms with Gasteiger partial charge in [-0.25, -0.2) is 0 Å². The Balaban J connectivity index is 3.59. The molecule has 0 aromatic heterocycles. The topological polar surface area (TPSA) is 34.1 Å². The molecule has 0 heterocycles. The van der Waals surface area contributed by atoms with Gasteiger partial charge in [-0.2, -0.15) is 0 Å². The summed E-state index contributed by atoms with van der Waals surface area (Å²) in [6.07, 6.45) is 11.0. The lowest BCUT2D eigenvalue weighted by atomic mass is 10.1. The van der Waals surface area contributed by atoms with E-state index in [-0.39, 0.29) is 11.6 Å². The van der Waals surface area contributed by atoms with Crippen LogP contribution in [0, 0.1) is 0 Å². The van der Waals surface area contributed by atoms with Crippen molar-refractivity contribution < 1.29 is 9.59 Å². The first-order valence-electron chi connectivity index (χ1n) is 6.46. The zero-order chi connectivity index (χ0) is 12.2. The van der Waals surface area contributed by atoms with Crippen molar-refractivity contribution in [1.82, 2.24) is 0 Å². The SMILES string of the molecule is CCC/C=C/C(=O)C(=O)CCCCCCC. The molecule has 0 N–H and O–H groups in total. The highest BCUT2D eigenvalue weighted by molar-refractivity contribution is 6.41. The maximum Gasteiger partial charge on any atom is 0.221 e. The molecular weight excluding hydrogens is 200 g/mol. The highest BCUT2D eigenvalue weighted by Crippen LogP contribution is 2.05. The highest BCUT2D eigenvalue weighted by Gasteiger charge is 2.08. The van der Waals surface area contributed by atoms with Gasteiger partial charge in [0.15, 0.2) is 0 Å². The lowest BCUT2D eigenvalue weighted by Gasteiger charge is -1.98. The summed E-state index contributed by atoms with van der Waals surface area (Å²) in [5, 5.41) is 0. The van der Waals surface area contributed by atoms with E-state index in [0.717, 1.165) is 25.7 Å². The standard InChI is InChI=1S/C14H24O2/c1-3-5-7-8-10-12-14(16)13(15)11-9-6-4-2/h9,11H,3-8,10,12H2,1-2H3/b11-9+. The molecule has 0 spiro atoms. The molecule has 16 heavy (non-hydrogen) atoms. The number of rotatable bonds is 10. The minimum absolute atomic E-state index is 0.233. The normalized spacial score (nSPS) is 10.9. The van der Waals surface area contributed by atoms with E-state index in [2.05, 4.69) is 6.92 Å². The zero-order valence-corrected chi connectivity index (χ0v) is 10.6. The van der Waals surface area contributed by atoms with Crippen molar-refractivity contribution in [3.8, 4) is 0 Å². The summed E-state index contributed by atoms with van der Waals surface area (Å²) in [5.41, 5.74) is 0. The molecule has 2 heteroatoms. The van der Waals surface area contributed by atoms with Crippen LogP contribution in [0.3, 0.4) is 0 Å². The number of ketones is 2. The number of hydrogen-bond acceptors (Lipinski definition) is 2. The molecule has 0 aliphatic carbocycles. The first-order chi connectivity index (χ1) is 7.72. The minimum Gasteiger partial charge on any atom is -0.291 e. The van der Waals surface area contributed by atoms with Crippen molar-refractivity contribution in [3.05, 3.63) is 12.2 Å². The number of allylic oxidation sites excluding steroid dienone is 2. The van der Waals surface area contributed by atoms with Gasteiger partial charge in [0.25, 0.3) is 0 Å². The summed E-state index contributed by atoms with van der Waals surface area (Å²) in [4.78, 5) is 22.7. The largest absolute Gasteiger partial charge is 0.291 e. The van der Waals surface area contributed by atoms with Gasteiger partial charge >= 0.3 is 0 Å². The van der Waals surface area contributed by atoms with Crippen molar-refractivity contribution in [2.45, 2.75) is 65.2 Å². The van der Waals surface area contributed by atoms with Crippen molar-refractivity contribution in [1.29, 1.82) is 0 Å². The Bertz CT molecular complexity index is 229. The molecule has 0 bridgehead atoms. The predicted octanol–water partition coefficient (Wildman–Crippen LogP) is 3.84. The second-order valence-corrected chi connectivity index (χ2v) is 4.14. The smallest absolute Gasteiger partial charge is 0.221 e. The van der Waals surface area contributed by atoms with Gasteiger partial charge in [0.1, 0.15) is 0 Å². The van der Waals surface area contributed by atoms with Crippen LogP contribution in [0.25, 0.3) is 0 Å². The zero-order valence-electron chi connectivity index (χ0n) is 10.6. The fourth-order valence-electron chi connectivity index (χ4n) is 1.46. The van der Waals surface area contributed by atoms with E-state index in [0.29, 0.717) is 6.42 Å². The van der Waals surface area contributed by atoms with Crippen molar-refractivity contribution in [3.63, 3.8) is 0 Å². The van der Waals surface area contributed by atoms with Gasteiger partial charge in [0.05, 0.1) is 0 Å². The lowest BCUT2D eigenvalue weighted by Crippen LogP contribution is -2.10. The van der Waals surface area contributed by atoms with E-state index in [1.807, 2.05) is 6.92 Å². The maximum atomic E-state index is 11.4. The molecule has 0 saturated carbocycles. The number of carbonyl (C=O) groups is 2. The van der Waals surface area contributed by atoms with E-state index >= 15 is 0 Å². The van der Waals surface area contributed by atoms with Crippen LogP contribution in [-0.4, -0.2) is 11.6 Å². The van der Waals surface area contributed by atoms with Gasteiger partial charge in [-0.15, -0.1) is 0 Å². The summed E-state index contributed by atoms with van der Waals surface area (Å²) in [7, 11) is 0. The third kappa shape index (κ3) is 8.39. The molecule has 0 radical (unpaired) electrons. The van der Waals surface area contributed by atoms with Crippen molar-refractivity contribution >= 4 is 11.6 Å². The highest BCUT2D eigenvalue weighted by atomic mass is 16.2. The van der Waals surface area contributed by atoms with Gasteiger partial charge in [-0.05, 0) is 18.9 Å². The molecule has 92 valence electrons. The van der Waals surface area contributed by atoms with Crippen LogP contribution in [0.15, 0.2) is 12.2 Å². The van der Waals surface area contributed by atoms with Crippen LogP contribution in [0.5, 0.6) is 0 Å². The predicted molar refractivity (Wildman–Crippen MR) is 67.4 cm³/mol. The van der Waals surface area contributed by atoms with E-state index in [1.54, 1.807) is 6.08 Å². The van der Waals surface area contributed by atoms with Crippen LogP contribution >= 0.6 is 0 Å². The van der Waals surface area contributed by atoms with Crippen molar-refractivity contribution in [2.75, 3.05) is 0 Å². The second kappa shape index (κ2) is 10.6. The summed E-state index contributed by atoms with van der Waals surface area (Å²) in [6, 6.07) is 0. The first kappa shape index (κ1) is 15.1. The molecule has 0 fully saturated rings. The van der Waals surface area contributed by atoms with Crippen LogP contribution in [0.4, 0.5) is 0 Å². The van der Waals surface area contributed by atoms with Gasteiger partial charge in [0.2, 0.25) is 11.6 Å². The third-order valence-corrected chi connectivity index (χ3v) is 2.51. The molecule has 0 aliphatic heterocycles. The summed E-state index contributed by atoms with van der Waals surface area (Å²) in [5.74, 6) is -0.562. The van der Waals surface area contributed by atoms with E-state index in [9.17, 15) is 9.59 Å². The third-order valence-electron chi connectivity index (χ3n) is 2.51. The summed E-state index contributed by atoms with van der Waals surface area (Å²) < 4.78 is 0. The van der Waals surface area contributed by atoms with Gasteiger partial charge in [-0.1, -0.05) is 52.0 Å². The Labute approximate surface area is 99.1 Å². The Morgan fingerprint density at radius 3 is 2.25 bits per heavy atom. The molecule has 0 amide bonds. The molecule has 0 aromatic rings. The van der Waals surface area contributed by atoms with Crippen LogP contribution in [0.1, 0.15) is 65.2 Å². The Morgan fingerprint density at radius 1 is 0.938 bits per heavy atom. The molecule has 2 nitrogen and oxygen atoms in total. The fourth-order valence-corrected chi connectivity index (χ4v) is 1.46. The fraction of sp³-hybridized carbons (Fsp3) is 0.714. The molecule has 0 aliphatic rings. The molecule has 0 aromatic carbocycles. The van der Waals surface area contributed by atoms with Crippen LogP contribution in [-0.2, 0) is 9.59 Å². The lowest BCUT2D eigenvalue weighted by molar-refractivity contribution is -0.133. The van der Waals surface area contributed by atoms with Gasteiger partial charge in [-0.3, -0.25) is 9.59 Å². The quantitative estimate of drug-likeness (QED) is 0.321. The summed E-state index contributed by atoms with van der Waals surface area (Å²) in [6.45, 7) is 4.21. The number of hydrogen-bond donors (Lipinski definition) is 0. The number of Topliss-reactive ketones (excluding diaryl/α,β-unsaturated/α-hetero) is 1. The average Bonchev–Trinajstić information content (AvgIpc) is 2.28. The van der Waals surface area contributed by atoms with Crippen LogP contribution < -0.4 is 0 Å². The van der Waals surface area contributed by atoms with E-state index in [1.165, 1.54) is 25.3 Å². The van der Waals surface area contributed by atoms with E-state index < -0.39 is 0 Å². The molecule has 0 atom stereocenters. The Hall–Kier alpha value is -0.920. The number of unbranched alkanes of at least 4 members (excludes halogenated alkanes) is 5. The average molecular weight is 224 g/mol. The van der Waals surface area contributed by atoms with Crippen molar-refractivity contribution in [2.24, 2.45) is 0 Å². The summed E-state index contributed by atoms with van der Waals surface area (Å²) >= 11 is 0. The molecular formula is C14H24O2. The second-order valence-electron chi connectivity index (χ2n) is 4.14. The molecule has 0 unspecified atom stereocenters. The Kier molecular flexibility index (Phi) is 9.98. The number of carbonyl (C=O) groups excluding carboxylic acids is 2. The first-order valence-corrected chi connectivity index (χ1v) is 6.46. The van der Waals surface area contributed by atoms with E-state index in [4.69, 9.17) is 0 Å².